The molecule has 1 atom stereocenters. The Bertz CT molecular complexity index is 2020. The number of benzene rings is 3. The van der Waals surface area contributed by atoms with Crippen molar-refractivity contribution in [2.45, 2.75) is 102 Å². The van der Waals surface area contributed by atoms with Gasteiger partial charge in [-0.05, 0) is 108 Å². The number of nitrogens with zero attached hydrogens (tertiary/aromatic N) is 2. The molecule has 2 amide bonds. The minimum Gasteiger partial charge on any atom is -0.495 e. The number of methoxy groups -OCH3 is 1. The minimum atomic E-state index is -1.10. The number of alkyl carbamates (subject to hydrolysis) is 1. The van der Waals surface area contributed by atoms with Crippen molar-refractivity contribution < 1.29 is 37.4 Å². The Balaban J connectivity index is 1.56. The third-order valence-electron chi connectivity index (χ3n) is 8.41. The van der Waals surface area contributed by atoms with Crippen LogP contribution in [0.5, 0.6) is 5.75 Å². The largest absolute Gasteiger partial charge is 0.495 e. The van der Waals surface area contributed by atoms with Crippen LogP contribution in [0.4, 0.5) is 13.6 Å². The van der Waals surface area contributed by atoms with Gasteiger partial charge in [0.15, 0.2) is 5.16 Å². The highest BCUT2D eigenvalue weighted by Crippen LogP contribution is 2.40. The van der Waals surface area contributed by atoms with Gasteiger partial charge in [0.2, 0.25) is 0 Å². The molecular weight excluding hydrogens is 785 g/mol. The second kappa shape index (κ2) is 18.3. The fraction of sp³-hybridized carbons (Fsp3) is 0.415. The second-order valence-corrected chi connectivity index (χ2v) is 17.3. The van der Waals surface area contributed by atoms with Crippen molar-refractivity contribution in [2.24, 2.45) is 0 Å². The second-order valence-electron chi connectivity index (χ2n) is 15.5. The Morgan fingerprint density at radius 1 is 0.893 bits per heavy atom. The molecule has 0 saturated carbocycles. The maximum Gasteiger partial charge on any atom is 0.407 e. The number of hydrogen-bond donors (Lipinski definition) is 2. The molecule has 56 heavy (non-hydrogen) atoms. The van der Waals surface area contributed by atoms with Crippen molar-refractivity contribution in [3.8, 4) is 11.4 Å². The van der Waals surface area contributed by atoms with Crippen molar-refractivity contribution >= 4 is 52.9 Å². The molecule has 1 aromatic heterocycles. The average molecular weight is 834 g/mol. The van der Waals surface area contributed by atoms with Crippen LogP contribution in [0.3, 0.4) is 0 Å². The zero-order chi connectivity index (χ0) is 41.6. The number of nitrogens with one attached hydrogen (secondary N) is 2. The maximum atomic E-state index is 15.8. The molecule has 3 aromatic carbocycles. The molecule has 10 nitrogen and oxygen atoms in total. The van der Waals surface area contributed by atoms with Crippen LogP contribution < -0.4 is 15.4 Å². The lowest BCUT2D eigenvalue weighted by Crippen LogP contribution is -2.44. The van der Waals surface area contributed by atoms with Gasteiger partial charge in [-0.25, -0.2) is 23.4 Å². The Morgan fingerprint density at radius 3 is 2.16 bits per heavy atom. The smallest absolute Gasteiger partial charge is 0.407 e. The standard InChI is InChI=1S/C41H48Cl2F2N4O6S/c1-39(2,3)54-36(51)32(11-10-18-46-38(52)55-40(4,5)6)48-35(50)24-19-30(43)28(31(45)20-24)23-56-37-47-22-34(49(37)27-15-13-26(44)14-16-27)41(7,8)25-12-17-29(42)33(21-25)53-9/h12-17,19-22,32H,10-11,18,23H2,1-9H3,(H,46,52)(H,48,50). The van der Waals surface area contributed by atoms with E-state index in [-0.39, 0.29) is 34.9 Å². The SMILES string of the molecule is COc1cc(C(C)(C)c2cnc(SCc3c(F)cc(C(=O)NC(CCCNC(=O)OC(C)(C)C)C(=O)OC(C)(C)C)cc3Cl)n2-c2ccc(F)cc2)ccc1Cl. The summed E-state index contributed by atoms with van der Waals surface area (Å²) in [6.45, 7) is 14.5. The van der Waals surface area contributed by atoms with Crippen LogP contribution in [0.2, 0.25) is 10.0 Å². The first-order chi connectivity index (χ1) is 26.1. The van der Waals surface area contributed by atoms with Gasteiger partial charge in [-0.15, -0.1) is 0 Å². The molecule has 0 aliphatic rings. The molecule has 4 rings (SSSR count). The highest BCUT2D eigenvalue weighted by Gasteiger charge is 2.31. The summed E-state index contributed by atoms with van der Waals surface area (Å²) in [5, 5.41) is 6.21. The van der Waals surface area contributed by atoms with Crippen LogP contribution in [-0.2, 0) is 25.4 Å². The van der Waals surface area contributed by atoms with Gasteiger partial charge in [-0.1, -0.05) is 54.9 Å². The number of hydrogen-bond acceptors (Lipinski definition) is 8. The van der Waals surface area contributed by atoms with Crippen molar-refractivity contribution in [1.82, 2.24) is 20.2 Å². The van der Waals surface area contributed by atoms with Crippen molar-refractivity contribution in [3.63, 3.8) is 0 Å². The van der Waals surface area contributed by atoms with E-state index >= 15 is 4.39 Å². The lowest BCUT2D eigenvalue weighted by molar-refractivity contribution is -0.157. The number of amides is 2. The summed E-state index contributed by atoms with van der Waals surface area (Å²) in [4.78, 5) is 43.3. The van der Waals surface area contributed by atoms with Crippen LogP contribution in [-0.4, -0.2) is 58.4 Å². The lowest BCUT2D eigenvalue weighted by atomic mass is 9.81. The number of thioether (sulfide) groups is 1. The number of esters is 1. The van der Waals surface area contributed by atoms with Crippen molar-refractivity contribution in [2.75, 3.05) is 13.7 Å². The van der Waals surface area contributed by atoms with E-state index in [4.69, 9.17) is 37.4 Å². The van der Waals surface area contributed by atoms with Gasteiger partial charge < -0.3 is 24.8 Å². The Kier molecular flexibility index (Phi) is 14.5. The van der Waals surface area contributed by atoms with E-state index in [0.717, 1.165) is 17.3 Å². The molecule has 0 aliphatic heterocycles. The number of carbonyl (C=O) groups excluding carboxylic acids is 3. The van der Waals surface area contributed by atoms with E-state index in [2.05, 4.69) is 15.6 Å². The number of halogens is 4. The first-order valence-corrected chi connectivity index (χ1v) is 19.6. The first kappa shape index (κ1) is 44.4. The monoisotopic (exact) mass is 832 g/mol. The predicted molar refractivity (Wildman–Crippen MR) is 215 cm³/mol. The highest BCUT2D eigenvalue weighted by molar-refractivity contribution is 7.98. The molecule has 2 N–H and O–H groups in total. The van der Waals surface area contributed by atoms with Gasteiger partial charge in [-0.2, -0.15) is 0 Å². The van der Waals surface area contributed by atoms with Crippen LogP contribution in [0.25, 0.3) is 5.69 Å². The van der Waals surface area contributed by atoms with Crippen molar-refractivity contribution in [3.05, 3.63) is 105 Å². The van der Waals surface area contributed by atoms with E-state index in [0.29, 0.717) is 28.0 Å². The zero-order valence-electron chi connectivity index (χ0n) is 32.9. The lowest BCUT2D eigenvalue weighted by Gasteiger charge is -2.28. The van der Waals surface area contributed by atoms with E-state index in [1.54, 1.807) is 65.9 Å². The summed E-state index contributed by atoms with van der Waals surface area (Å²) >= 11 is 14.1. The number of rotatable bonds is 14. The third kappa shape index (κ3) is 11.8. The molecule has 0 aliphatic carbocycles. The Labute approximate surface area is 341 Å². The molecule has 0 spiro atoms. The van der Waals surface area contributed by atoms with Crippen molar-refractivity contribution in [1.29, 1.82) is 0 Å². The third-order valence-corrected chi connectivity index (χ3v) is 10.0. The van der Waals surface area contributed by atoms with E-state index < -0.39 is 52.3 Å². The highest BCUT2D eigenvalue weighted by atomic mass is 35.5. The van der Waals surface area contributed by atoms with Gasteiger partial charge >= 0.3 is 12.1 Å². The molecule has 4 aromatic rings. The van der Waals surface area contributed by atoms with E-state index in [1.165, 1.54) is 37.1 Å². The number of ether oxygens (including phenoxy) is 3. The van der Waals surface area contributed by atoms with Crippen LogP contribution in [0.15, 0.2) is 66.0 Å². The van der Waals surface area contributed by atoms with Crippen LogP contribution >= 0.6 is 35.0 Å². The normalized spacial score (nSPS) is 12.5. The Morgan fingerprint density at radius 2 is 1.55 bits per heavy atom. The first-order valence-electron chi connectivity index (χ1n) is 17.9. The average Bonchev–Trinajstić information content (AvgIpc) is 3.52. The maximum absolute atomic E-state index is 15.8. The fourth-order valence-electron chi connectivity index (χ4n) is 5.60. The van der Waals surface area contributed by atoms with E-state index in [1.807, 2.05) is 30.5 Å². The van der Waals surface area contributed by atoms with Crippen LogP contribution in [0.1, 0.15) is 95.4 Å². The quantitative estimate of drug-likeness (QED) is 0.0732. The number of imidazole rings is 1. The topological polar surface area (TPSA) is 121 Å². The summed E-state index contributed by atoms with van der Waals surface area (Å²) < 4.78 is 47.9. The van der Waals surface area contributed by atoms with Gasteiger partial charge in [-0.3, -0.25) is 9.36 Å². The Hall–Kier alpha value is -4.33. The molecule has 1 unspecified atom stereocenters. The molecule has 0 bridgehead atoms. The molecule has 0 saturated heterocycles. The van der Waals surface area contributed by atoms with Gasteiger partial charge in [0, 0.05) is 39.5 Å². The molecular formula is C41H48Cl2F2N4O6S. The summed E-state index contributed by atoms with van der Waals surface area (Å²) in [7, 11) is 1.54. The van der Waals surface area contributed by atoms with Gasteiger partial charge in [0.1, 0.15) is 34.6 Å². The summed E-state index contributed by atoms with van der Waals surface area (Å²) in [6.07, 6.45) is 1.52. The van der Waals surface area contributed by atoms with Gasteiger partial charge in [0.25, 0.3) is 5.91 Å². The predicted octanol–water partition coefficient (Wildman–Crippen LogP) is 9.83. The zero-order valence-corrected chi connectivity index (χ0v) is 35.3. The minimum absolute atomic E-state index is 0.00766. The number of carbonyl (C=O) groups is 3. The summed E-state index contributed by atoms with van der Waals surface area (Å²) in [5.41, 5.74) is 0.134. The molecule has 302 valence electrons. The van der Waals surface area contributed by atoms with Crippen LogP contribution in [0, 0.1) is 11.6 Å². The molecule has 0 radical (unpaired) electrons. The summed E-state index contributed by atoms with van der Waals surface area (Å²) in [6, 6.07) is 12.8. The fourth-order valence-corrected chi connectivity index (χ4v) is 7.17. The number of aromatic nitrogens is 2. The molecule has 0 fully saturated rings. The van der Waals surface area contributed by atoms with Gasteiger partial charge in [0.05, 0.1) is 24.0 Å². The summed E-state index contributed by atoms with van der Waals surface area (Å²) in [5.74, 6) is -2.02. The molecule has 1 heterocycles. The van der Waals surface area contributed by atoms with E-state index in [9.17, 15) is 18.8 Å². The molecule has 15 heteroatoms.